The van der Waals surface area contributed by atoms with Gasteiger partial charge in [-0.2, -0.15) is 5.26 Å². The highest BCUT2D eigenvalue weighted by molar-refractivity contribution is 7.89. The molecule has 1 saturated heterocycles. The Balaban J connectivity index is 2.02. The molecule has 0 aromatic heterocycles. The highest BCUT2D eigenvalue weighted by atomic mass is 32.2. The van der Waals surface area contributed by atoms with Gasteiger partial charge in [-0.25, -0.2) is 13.1 Å². The van der Waals surface area contributed by atoms with Crippen LogP contribution >= 0.6 is 0 Å². The number of hydrogen-bond acceptors (Lipinski definition) is 4. The molecular formula is C12H14N2O3S. The molecule has 1 aliphatic heterocycles. The summed E-state index contributed by atoms with van der Waals surface area (Å²) in [7, 11) is -3.51. The molecule has 1 N–H and O–H groups in total. The van der Waals surface area contributed by atoms with Crippen LogP contribution < -0.4 is 4.72 Å². The van der Waals surface area contributed by atoms with Crippen LogP contribution in [-0.2, 0) is 14.8 Å². The average Bonchev–Trinajstić information content (AvgIpc) is 2.90. The summed E-state index contributed by atoms with van der Waals surface area (Å²) in [5.74, 6) is 0. The second-order valence-corrected chi connectivity index (χ2v) is 5.89. The molecule has 1 heterocycles. The molecular weight excluding hydrogens is 252 g/mol. The number of hydrogen-bond donors (Lipinski definition) is 1. The van der Waals surface area contributed by atoms with Crippen LogP contribution in [0, 0.1) is 11.3 Å². The predicted octanol–water partition coefficient (Wildman–Crippen LogP) is 1.02. The molecule has 1 unspecified atom stereocenters. The molecule has 5 nitrogen and oxygen atoms in total. The van der Waals surface area contributed by atoms with E-state index in [4.69, 9.17) is 10.00 Å². The highest BCUT2D eigenvalue weighted by Gasteiger charge is 2.20. The second-order valence-electron chi connectivity index (χ2n) is 4.12. The van der Waals surface area contributed by atoms with E-state index in [2.05, 4.69) is 4.72 Å². The summed E-state index contributed by atoms with van der Waals surface area (Å²) in [6.07, 6.45) is 1.83. The maximum absolute atomic E-state index is 11.9. The van der Waals surface area contributed by atoms with Gasteiger partial charge >= 0.3 is 0 Å². The third-order valence-corrected chi connectivity index (χ3v) is 4.26. The van der Waals surface area contributed by atoms with Crippen molar-refractivity contribution in [1.82, 2.24) is 4.72 Å². The van der Waals surface area contributed by atoms with E-state index >= 15 is 0 Å². The Kier molecular flexibility index (Phi) is 3.97. The van der Waals surface area contributed by atoms with Crippen molar-refractivity contribution in [3.63, 3.8) is 0 Å². The van der Waals surface area contributed by atoms with Gasteiger partial charge in [0.05, 0.1) is 22.6 Å². The quantitative estimate of drug-likeness (QED) is 0.882. The van der Waals surface area contributed by atoms with Gasteiger partial charge in [0.25, 0.3) is 0 Å². The molecule has 0 spiro atoms. The Morgan fingerprint density at radius 2 is 2.11 bits per heavy atom. The molecule has 18 heavy (non-hydrogen) atoms. The molecule has 0 radical (unpaired) electrons. The summed E-state index contributed by atoms with van der Waals surface area (Å²) < 4.78 is 31.7. The second kappa shape index (κ2) is 5.48. The summed E-state index contributed by atoms with van der Waals surface area (Å²) >= 11 is 0. The topological polar surface area (TPSA) is 79.2 Å². The number of ether oxygens (including phenoxy) is 1. The van der Waals surface area contributed by atoms with Crippen LogP contribution in [0.25, 0.3) is 0 Å². The largest absolute Gasteiger partial charge is 0.377 e. The fourth-order valence-electron chi connectivity index (χ4n) is 1.80. The number of benzene rings is 1. The minimum absolute atomic E-state index is 0.0295. The van der Waals surface area contributed by atoms with Crippen LogP contribution in [0.15, 0.2) is 29.2 Å². The molecule has 0 saturated carbocycles. The van der Waals surface area contributed by atoms with E-state index in [0.29, 0.717) is 18.7 Å². The van der Waals surface area contributed by atoms with Crippen molar-refractivity contribution >= 4 is 10.0 Å². The summed E-state index contributed by atoms with van der Waals surface area (Å²) in [5, 5.41) is 8.65. The van der Waals surface area contributed by atoms with Gasteiger partial charge in [-0.1, -0.05) is 0 Å². The summed E-state index contributed by atoms with van der Waals surface area (Å²) in [4.78, 5) is 0.166. The fraction of sp³-hybridized carbons (Fsp3) is 0.417. The van der Waals surface area contributed by atoms with Crippen LogP contribution in [0.3, 0.4) is 0 Å². The van der Waals surface area contributed by atoms with Gasteiger partial charge < -0.3 is 4.74 Å². The van der Waals surface area contributed by atoms with E-state index in [1.54, 1.807) is 0 Å². The van der Waals surface area contributed by atoms with Gasteiger partial charge in [-0.05, 0) is 37.1 Å². The Hall–Kier alpha value is -1.42. The molecule has 1 aromatic carbocycles. The lowest BCUT2D eigenvalue weighted by atomic mass is 10.2. The van der Waals surface area contributed by atoms with Gasteiger partial charge in [0.1, 0.15) is 0 Å². The summed E-state index contributed by atoms with van der Waals surface area (Å²) in [6.45, 7) is 0.992. The van der Waals surface area contributed by atoms with Crippen LogP contribution in [0.5, 0.6) is 0 Å². The fourth-order valence-corrected chi connectivity index (χ4v) is 2.87. The maximum Gasteiger partial charge on any atom is 0.240 e. The predicted molar refractivity (Wildman–Crippen MR) is 65.3 cm³/mol. The molecule has 0 amide bonds. The van der Waals surface area contributed by atoms with Gasteiger partial charge in [-0.3, -0.25) is 0 Å². The third-order valence-electron chi connectivity index (χ3n) is 2.82. The molecule has 2 rings (SSSR count). The van der Waals surface area contributed by atoms with Crippen LogP contribution in [0.1, 0.15) is 18.4 Å². The average molecular weight is 266 g/mol. The van der Waals surface area contributed by atoms with Crippen molar-refractivity contribution in [2.24, 2.45) is 0 Å². The zero-order chi connectivity index (χ0) is 13.0. The summed E-state index contributed by atoms with van der Waals surface area (Å²) in [5.41, 5.74) is 0.438. The Labute approximate surface area is 106 Å². The van der Waals surface area contributed by atoms with Crippen LogP contribution in [0.2, 0.25) is 0 Å². The molecule has 1 fully saturated rings. The van der Waals surface area contributed by atoms with Gasteiger partial charge in [0, 0.05) is 13.2 Å². The molecule has 1 aliphatic rings. The van der Waals surface area contributed by atoms with Crippen molar-refractivity contribution in [2.75, 3.05) is 13.2 Å². The van der Waals surface area contributed by atoms with Crippen LogP contribution in [0.4, 0.5) is 0 Å². The molecule has 6 heteroatoms. The maximum atomic E-state index is 11.9. The van der Waals surface area contributed by atoms with Gasteiger partial charge in [-0.15, -0.1) is 0 Å². The van der Waals surface area contributed by atoms with E-state index in [1.165, 1.54) is 24.3 Å². The van der Waals surface area contributed by atoms with E-state index in [1.807, 2.05) is 6.07 Å². The lowest BCUT2D eigenvalue weighted by Crippen LogP contribution is -2.31. The monoisotopic (exact) mass is 266 g/mol. The Morgan fingerprint density at radius 3 is 2.67 bits per heavy atom. The van der Waals surface area contributed by atoms with Crippen molar-refractivity contribution in [2.45, 2.75) is 23.8 Å². The number of sulfonamides is 1. The lowest BCUT2D eigenvalue weighted by Gasteiger charge is -2.11. The van der Waals surface area contributed by atoms with E-state index in [9.17, 15) is 8.42 Å². The van der Waals surface area contributed by atoms with Crippen molar-refractivity contribution in [3.8, 4) is 6.07 Å². The first-order valence-electron chi connectivity index (χ1n) is 5.73. The standard InChI is InChI=1S/C12H14N2O3S/c13-8-10-3-5-12(6-4-10)18(15,16)14-9-11-2-1-7-17-11/h3-6,11,14H,1-2,7,9H2. The third kappa shape index (κ3) is 3.07. The first-order valence-corrected chi connectivity index (χ1v) is 7.21. The van der Waals surface area contributed by atoms with Crippen LogP contribution in [-0.4, -0.2) is 27.7 Å². The zero-order valence-corrected chi connectivity index (χ0v) is 10.6. The normalized spacial score (nSPS) is 19.6. The van der Waals surface area contributed by atoms with Crippen molar-refractivity contribution < 1.29 is 13.2 Å². The first kappa shape index (κ1) is 13.0. The van der Waals surface area contributed by atoms with Crippen molar-refractivity contribution in [1.29, 1.82) is 5.26 Å². The van der Waals surface area contributed by atoms with E-state index in [0.717, 1.165) is 12.8 Å². The molecule has 96 valence electrons. The number of rotatable bonds is 4. The SMILES string of the molecule is N#Cc1ccc(S(=O)(=O)NCC2CCCO2)cc1. The van der Waals surface area contributed by atoms with Gasteiger partial charge in [0.15, 0.2) is 0 Å². The molecule has 0 aliphatic carbocycles. The number of nitrogens with one attached hydrogen (secondary N) is 1. The molecule has 1 aromatic rings. The minimum atomic E-state index is -3.51. The Morgan fingerprint density at radius 1 is 1.39 bits per heavy atom. The van der Waals surface area contributed by atoms with Gasteiger partial charge in [0.2, 0.25) is 10.0 Å². The number of nitrogens with zero attached hydrogens (tertiary/aromatic N) is 1. The molecule has 1 atom stereocenters. The molecule has 0 bridgehead atoms. The zero-order valence-electron chi connectivity index (χ0n) is 9.80. The number of nitriles is 1. The first-order chi connectivity index (χ1) is 8.62. The van der Waals surface area contributed by atoms with Crippen molar-refractivity contribution in [3.05, 3.63) is 29.8 Å². The minimum Gasteiger partial charge on any atom is -0.377 e. The Bertz CT molecular complexity index is 540. The smallest absolute Gasteiger partial charge is 0.240 e. The van der Waals surface area contributed by atoms with E-state index in [-0.39, 0.29) is 11.0 Å². The lowest BCUT2D eigenvalue weighted by molar-refractivity contribution is 0.114. The highest BCUT2D eigenvalue weighted by Crippen LogP contribution is 2.13. The summed E-state index contributed by atoms with van der Waals surface area (Å²) in [6, 6.07) is 7.77. The van der Waals surface area contributed by atoms with E-state index < -0.39 is 10.0 Å².